The molecule has 1 amide bonds. The maximum absolute atomic E-state index is 12.6. The highest BCUT2D eigenvalue weighted by Gasteiger charge is 2.30. The Kier molecular flexibility index (Phi) is 6.80. The van der Waals surface area contributed by atoms with E-state index in [-0.39, 0.29) is 23.7 Å². The first-order valence-electron chi connectivity index (χ1n) is 8.52. The van der Waals surface area contributed by atoms with Gasteiger partial charge in [-0.3, -0.25) is 19.8 Å². The summed E-state index contributed by atoms with van der Waals surface area (Å²) in [4.78, 5) is 24.5. The molecule has 0 aliphatic carbocycles. The van der Waals surface area contributed by atoms with Crippen molar-refractivity contribution in [3.8, 4) is 5.75 Å². The number of anilines is 1. The number of carbonyl (C=O) groups is 1. The van der Waals surface area contributed by atoms with Crippen LogP contribution in [0.3, 0.4) is 0 Å². The van der Waals surface area contributed by atoms with Crippen molar-refractivity contribution in [3.63, 3.8) is 0 Å². The summed E-state index contributed by atoms with van der Waals surface area (Å²) in [5, 5.41) is 13.5. The van der Waals surface area contributed by atoms with Gasteiger partial charge >= 0.3 is 6.18 Å². The molecular weight excluding hydrogens is 391 g/mol. The van der Waals surface area contributed by atoms with Gasteiger partial charge in [0.15, 0.2) is 0 Å². The molecule has 0 saturated heterocycles. The molecule has 0 aliphatic rings. The molecule has 1 N–H and O–H groups in total. The Bertz CT molecular complexity index is 885. The molecule has 0 unspecified atom stereocenters. The maximum atomic E-state index is 12.6. The van der Waals surface area contributed by atoms with Crippen molar-refractivity contribution in [1.82, 2.24) is 4.90 Å². The second kappa shape index (κ2) is 8.91. The largest absolute Gasteiger partial charge is 0.494 e. The van der Waals surface area contributed by atoms with Gasteiger partial charge in [0, 0.05) is 12.6 Å². The van der Waals surface area contributed by atoms with Gasteiger partial charge in [0.1, 0.15) is 5.75 Å². The molecule has 0 fully saturated rings. The third-order valence-electron chi connectivity index (χ3n) is 4.41. The molecule has 1 atom stereocenters. The first-order valence-corrected chi connectivity index (χ1v) is 8.52. The highest BCUT2D eigenvalue weighted by Crippen LogP contribution is 2.30. The summed E-state index contributed by atoms with van der Waals surface area (Å²) in [6.45, 7) is 1.89. The summed E-state index contributed by atoms with van der Waals surface area (Å²) in [7, 11) is 2.99. The summed E-state index contributed by atoms with van der Waals surface area (Å²) >= 11 is 0. The number of nitro benzene ring substituents is 1. The molecular formula is C19H20F3N3O4. The number of ether oxygens (including phenoxy) is 1. The van der Waals surface area contributed by atoms with E-state index in [0.717, 1.165) is 12.1 Å². The number of alkyl halides is 3. The summed E-state index contributed by atoms with van der Waals surface area (Å²) < 4.78 is 43.0. The predicted octanol–water partition coefficient (Wildman–Crippen LogP) is 4.08. The number of benzene rings is 2. The number of hydrogen-bond acceptors (Lipinski definition) is 5. The Balaban J connectivity index is 2.05. The number of likely N-dealkylation sites (N-methyl/N-ethyl adjacent to an activating group) is 1. The van der Waals surface area contributed by atoms with E-state index in [9.17, 15) is 28.1 Å². The van der Waals surface area contributed by atoms with Crippen LogP contribution in [0.25, 0.3) is 0 Å². The molecule has 0 aliphatic heterocycles. The van der Waals surface area contributed by atoms with Gasteiger partial charge in [0.25, 0.3) is 5.69 Å². The SMILES string of the molecule is COc1cc([N+](=O)[O-])ccc1NC(=O)[C@H](C)N(C)Cc1ccc(C(F)(F)F)cc1. The number of amides is 1. The van der Waals surface area contributed by atoms with E-state index in [0.29, 0.717) is 5.56 Å². The van der Waals surface area contributed by atoms with Crippen molar-refractivity contribution in [2.24, 2.45) is 0 Å². The average molecular weight is 411 g/mol. The summed E-state index contributed by atoms with van der Waals surface area (Å²) in [6.07, 6.45) is -4.40. The Morgan fingerprint density at radius 1 is 1.24 bits per heavy atom. The maximum Gasteiger partial charge on any atom is 0.416 e. The molecule has 0 saturated carbocycles. The van der Waals surface area contributed by atoms with Crippen LogP contribution in [-0.2, 0) is 17.5 Å². The zero-order valence-electron chi connectivity index (χ0n) is 16.0. The second-order valence-corrected chi connectivity index (χ2v) is 6.42. The lowest BCUT2D eigenvalue weighted by Gasteiger charge is -2.24. The van der Waals surface area contributed by atoms with Crippen molar-refractivity contribution < 1.29 is 27.6 Å². The minimum Gasteiger partial charge on any atom is -0.494 e. The molecule has 2 rings (SSSR count). The Labute approximate surface area is 165 Å². The second-order valence-electron chi connectivity index (χ2n) is 6.42. The van der Waals surface area contributed by atoms with Crippen molar-refractivity contribution in [2.45, 2.75) is 25.7 Å². The fourth-order valence-electron chi connectivity index (χ4n) is 2.56. The molecule has 10 heteroatoms. The Hall–Kier alpha value is -3.14. The number of hydrogen-bond donors (Lipinski definition) is 1. The van der Waals surface area contributed by atoms with Gasteiger partial charge < -0.3 is 10.1 Å². The molecule has 0 aromatic heterocycles. The number of nitrogens with one attached hydrogen (secondary N) is 1. The average Bonchev–Trinajstić information content (AvgIpc) is 2.67. The van der Waals surface area contributed by atoms with Gasteiger partial charge in [-0.2, -0.15) is 13.2 Å². The first kappa shape index (κ1) is 22.2. The van der Waals surface area contributed by atoms with Gasteiger partial charge in [-0.1, -0.05) is 12.1 Å². The van der Waals surface area contributed by atoms with Crippen LogP contribution in [-0.4, -0.2) is 35.9 Å². The fourth-order valence-corrected chi connectivity index (χ4v) is 2.56. The molecule has 0 radical (unpaired) electrons. The van der Waals surface area contributed by atoms with Gasteiger partial charge in [0.05, 0.1) is 35.4 Å². The van der Waals surface area contributed by atoms with Crippen LogP contribution in [0.1, 0.15) is 18.1 Å². The lowest BCUT2D eigenvalue weighted by atomic mass is 10.1. The van der Waals surface area contributed by atoms with Crippen LogP contribution in [0.4, 0.5) is 24.5 Å². The van der Waals surface area contributed by atoms with E-state index in [1.165, 1.54) is 37.4 Å². The number of carbonyl (C=O) groups excluding carboxylic acids is 1. The number of halogens is 3. The normalized spacial score (nSPS) is 12.5. The van der Waals surface area contributed by atoms with E-state index in [2.05, 4.69) is 5.32 Å². The molecule has 0 heterocycles. The third kappa shape index (κ3) is 5.67. The molecule has 2 aromatic rings. The van der Waals surface area contributed by atoms with Crippen LogP contribution in [0.15, 0.2) is 42.5 Å². The molecule has 0 bridgehead atoms. The van der Waals surface area contributed by atoms with Crippen LogP contribution in [0, 0.1) is 10.1 Å². The van der Waals surface area contributed by atoms with E-state index in [1.807, 2.05) is 0 Å². The Morgan fingerprint density at radius 3 is 2.38 bits per heavy atom. The highest BCUT2D eigenvalue weighted by molar-refractivity contribution is 5.96. The monoisotopic (exact) mass is 411 g/mol. The van der Waals surface area contributed by atoms with Crippen LogP contribution < -0.4 is 10.1 Å². The smallest absolute Gasteiger partial charge is 0.416 e. The number of rotatable bonds is 7. The van der Waals surface area contributed by atoms with E-state index >= 15 is 0 Å². The van der Waals surface area contributed by atoms with Crippen molar-refractivity contribution in [3.05, 3.63) is 63.7 Å². The fraction of sp³-hybridized carbons (Fsp3) is 0.316. The van der Waals surface area contributed by atoms with Crippen LogP contribution in [0.2, 0.25) is 0 Å². The third-order valence-corrected chi connectivity index (χ3v) is 4.41. The van der Waals surface area contributed by atoms with Crippen LogP contribution in [0.5, 0.6) is 5.75 Å². The lowest BCUT2D eigenvalue weighted by molar-refractivity contribution is -0.384. The number of nitro groups is 1. The first-order chi connectivity index (χ1) is 13.5. The van der Waals surface area contributed by atoms with Gasteiger partial charge in [-0.25, -0.2) is 0 Å². The van der Waals surface area contributed by atoms with E-state index in [1.54, 1.807) is 18.9 Å². The van der Waals surface area contributed by atoms with E-state index in [4.69, 9.17) is 4.74 Å². The van der Waals surface area contributed by atoms with Crippen molar-refractivity contribution in [2.75, 3.05) is 19.5 Å². The Morgan fingerprint density at radius 2 is 1.86 bits per heavy atom. The molecule has 7 nitrogen and oxygen atoms in total. The van der Waals surface area contributed by atoms with E-state index < -0.39 is 28.6 Å². The predicted molar refractivity (Wildman–Crippen MR) is 101 cm³/mol. The minimum atomic E-state index is -4.40. The zero-order chi connectivity index (χ0) is 21.8. The zero-order valence-corrected chi connectivity index (χ0v) is 16.0. The van der Waals surface area contributed by atoms with Crippen molar-refractivity contribution in [1.29, 1.82) is 0 Å². The highest BCUT2D eigenvalue weighted by atomic mass is 19.4. The van der Waals surface area contributed by atoms with Gasteiger partial charge in [0.2, 0.25) is 5.91 Å². The van der Waals surface area contributed by atoms with Crippen molar-refractivity contribution >= 4 is 17.3 Å². The number of methoxy groups -OCH3 is 1. The minimum absolute atomic E-state index is 0.144. The summed E-state index contributed by atoms with van der Waals surface area (Å²) in [5.74, 6) is -0.253. The number of non-ortho nitro benzene ring substituents is 1. The van der Waals surface area contributed by atoms with Gasteiger partial charge in [-0.15, -0.1) is 0 Å². The lowest BCUT2D eigenvalue weighted by Crippen LogP contribution is -2.39. The summed E-state index contributed by atoms with van der Waals surface area (Å²) in [6, 6.07) is 7.91. The quantitative estimate of drug-likeness (QED) is 0.548. The summed E-state index contributed by atoms with van der Waals surface area (Å²) in [5.41, 5.74) is -0.0155. The molecule has 29 heavy (non-hydrogen) atoms. The molecule has 156 valence electrons. The molecule has 2 aromatic carbocycles. The van der Waals surface area contributed by atoms with Gasteiger partial charge in [-0.05, 0) is 37.7 Å². The topological polar surface area (TPSA) is 84.7 Å². The standard InChI is InChI=1S/C19H20F3N3O4/c1-12(24(2)11-13-4-6-14(7-5-13)19(20,21)22)18(26)23-16-9-8-15(25(27)28)10-17(16)29-3/h4-10,12H,11H2,1-3H3,(H,23,26)/t12-/m0/s1. The van der Waals surface area contributed by atoms with Crippen LogP contribution >= 0.6 is 0 Å². The number of nitrogens with zero attached hydrogens (tertiary/aromatic N) is 2. The molecule has 0 spiro atoms.